The molecule has 0 aromatic carbocycles. The number of nitrogens with zero attached hydrogens (tertiary/aromatic N) is 1. The lowest BCUT2D eigenvalue weighted by molar-refractivity contribution is 0.210. The van der Waals surface area contributed by atoms with Crippen LogP contribution in [0.15, 0.2) is 0 Å². The molecule has 0 amide bonds. The molecule has 0 spiro atoms. The van der Waals surface area contributed by atoms with Gasteiger partial charge in [0.05, 0.1) is 0 Å². The maximum absolute atomic E-state index is 3.26. The first-order valence-corrected chi connectivity index (χ1v) is 6.51. The van der Waals surface area contributed by atoms with Gasteiger partial charge in [-0.05, 0) is 32.9 Å². The minimum absolute atomic E-state index is 0.647. The molecule has 1 rings (SSSR count). The normalized spacial score (nSPS) is 19.7. The minimum atomic E-state index is 0.647. The van der Waals surface area contributed by atoms with Crippen LogP contribution in [0.2, 0.25) is 0 Å². The molecule has 15 heavy (non-hydrogen) atoms. The quantitative estimate of drug-likeness (QED) is 0.596. The van der Waals surface area contributed by atoms with Crippen LogP contribution in [0, 0.1) is 17.8 Å². The molecular formula is C14H29N. The lowest BCUT2D eigenvalue weighted by Gasteiger charge is -2.28. The molecule has 1 atom stereocenters. The van der Waals surface area contributed by atoms with E-state index in [2.05, 4.69) is 23.7 Å². The molecule has 1 nitrogen and oxygen atoms in total. The van der Waals surface area contributed by atoms with E-state index in [4.69, 9.17) is 0 Å². The predicted molar refractivity (Wildman–Crippen MR) is 71.0 cm³/mol. The van der Waals surface area contributed by atoms with E-state index in [1.807, 2.05) is 34.6 Å². The smallest absolute Gasteiger partial charge is 0.0330 e. The van der Waals surface area contributed by atoms with Crippen LogP contribution in [0.25, 0.3) is 0 Å². The first-order chi connectivity index (χ1) is 7.36. The molecule has 0 aliphatic carbocycles. The van der Waals surface area contributed by atoms with Crippen LogP contribution in [-0.2, 0) is 0 Å². The van der Waals surface area contributed by atoms with Gasteiger partial charge in [-0.25, -0.2) is 0 Å². The Bertz CT molecular complexity index is 164. The summed E-state index contributed by atoms with van der Waals surface area (Å²) in [6.45, 7) is 15.8. The molecule has 0 saturated carbocycles. The van der Waals surface area contributed by atoms with Crippen molar-refractivity contribution >= 4 is 0 Å². The van der Waals surface area contributed by atoms with E-state index in [0.29, 0.717) is 5.92 Å². The largest absolute Gasteiger partial charge is 0.302 e. The Kier molecular flexibility index (Phi) is 15.3. The van der Waals surface area contributed by atoms with Crippen LogP contribution in [0.3, 0.4) is 0 Å². The Hall–Kier alpha value is -0.480. The number of likely N-dealkylation sites (tertiary alicyclic amines) is 1. The lowest BCUT2D eigenvalue weighted by atomic mass is 9.99. The molecule has 1 aliphatic rings. The molecule has 1 aliphatic heterocycles. The summed E-state index contributed by atoms with van der Waals surface area (Å²) in [5.74, 6) is 6.91. The Morgan fingerprint density at radius 2 is 1.80 bits per heavy atom. The van der Waals surface area contributed by atoms with E-state index in [-0.39, 0.29) is 0 Å². The summed E-state index contributed by atoms with van der Waals surface area (Å²) in [7, 11) is 0. The monoisotopic (exact) mass is 211 g/mol. The topological polar surface area (TPSA) is 3.24 Å². The van der Waals surface area contributed by atoms with Gasteiger partial charge in [-0.15, -0.1) is 5.92 Å². The second-order valence-corrected chi connectivity index (χ2v) is 3.13. The molecule has 1 heterocycles. The molecule has 1 unspecified atom stereocenters. The average molecular weight is 211 g/mol. The van der Waals surface area contributed by atoms with E-state index >= 15 is 0 Å². The highest BCUT2D eigenvalue weighted by Crippen LogP contribution is 2.14. The van der Waals surface area contributed by atoms with Crippen molar-refractivity contribution in [2.45, 2.75) is 54.4 Å². The highest BCUT2D eigenvalue weighted by Gasteiger charge is 2.15. The summed E-state index contributed by atoms with van der Waals surface area (Å²) in [6.07, 6.45) is 2.63. The maximum Gasteiger partial charge on any atom is 0.0330 e. The van der Waals surface area contributed by atoms with E-state index < -0.39 is 0 Å². The van der Waals surface area contributed by atoms with Gasteiger partial charge in [-0.1, -0.05) is 40.5 Å². The van der Waals surface area contributed by atoms with Gasteiger partial charge in [0.15, 0.2) is 0 Å². The van der Waals surface area contributed by atoms with Gasteiger partial charge in [0.25, 0.3) is 0 Å². The van der Waals surface area contributed by atoms with E-state index in [1.165, 1.54) is 32.5 Å². The Labute approximate surface area is 97.2 Å². The molecule has 0 radical (unpaired) electrons. The molecular weight excluding hydrogens is 182 g/mol. The second-order valence-electron chi connectivity index (χ2n) is 3.13. The highest BCUT2D eigenvalue weighted by atomic mass is 15.1. The minimum Gasteiger partial charge on any atom is -0.302 e. The fourth-order valence-electron chi connectivity index (χ4n) is 1.66. The average Bonchev–Trinajstić information content (AvgIpc) is 2.35. The van der Waals surface area contributed by atoms with Crippen LogP contribution in [0.1, 0.15) is 54.4 Å². The number of hydrogen-bond acceptors (Lipinski definition) is 1. The Balaban J connectivity index is 0. The first kappa shape index (κ1) is 16.9. The van der Waals surface area contributed by atoms with Crippen molar-refractivity contribution < 1.29 is 0 Å². The van der Waals surface area contributed by atoms with Gasteiger partial charge in [0.1, 0.15) is 0 Å². The van der Waals surface area contributed by atoms with E-state index in [0.717, 1.165) is 0 Å². The summed E-state index contributed by atoms with van der Waals surface area (Å²) in [6, 6.07) is 0. The fraction of sp³-hybridized carbons (Fsp3) is 0.857. The maximum atomic E-state index is 3.26. The van der Waals surface area contributed by atoms with Crippen molar-refractivity contribution in [1.82, 2.24) is 4.90 Å². The third-order valence-corrected chi connectivity index (χ3v) is 2.30. The molecule has 90 valence electrons. The summed E-state index contributed by atoms with van der Waals surface area (Å²) in [5, 5.41) is 0. The fourth-order valence-corrected chi connectivity index (χ4v) is 1.66. The van der Waals surface area contributed by atoms with Gasteiger partial charge in [0, 0.05) is 12.5 Å². The van der Waals surface area contributed by atoms with Crippen molar-refractivity contribution in [2.75, 3.05) is 19.6 Å². The zero-order valence-corrected chi connectivity index (χ0v) is 11.6. The third kappa shape index (κ3) is 8.51. The van der Waals surface area contributed by atoms with Crippen LogP contribution in [0.4, 0.5) is 0 Å². The lowest BCUT2D eigenvalue weighted by Crippen LogP contribution is -2.34. The van der Waals surface area contributed by atoms with Crippen molar-refractivity contribution in [1.29, 1.82) is 0 Å². The molecule has 1 saturated heterocycles. The highest BCUT2D eigenvalue weighted by molar-refractivity contribution is 5.02. The van der Waals surface area contributed by atoms with Gasteiger partial charge >= 0.3 is 0 Å². The Morgan fingerprint density at radius 3 is 2.27 bits per heavy atom. The van der Waals surface area contributed by atoms with Crippen molar-refractivity contribution in [2.24, 2.45) is 5.92 Å². The molecule has 0 aromatic heterocycles. The van der Waals surface area contributed by atoms with Crippen molar-refractivity contribution in [3.8, 4) is 11.8 Å². The number of piperidine rings is 1. The molecule has 1 heteroatoms. The van der Waals surface area contributed by atoms with Gasteiger partial charge in [0.2, 0.25) is 0 Å². The van der Waals surface area contributed by atoms with Crippen LogP contribution in [-0.4, -0.2) is 24.5 Å². The summed E-state index contributed by atoms with van der Waals surface area (Å²) >= 11 is 0. The van der Waals surface area contributed by atoms with Crippen molar-refractivity contribution in [3.05, 3.63) is 0 Å². The predicted octanol–water partition coefficient (Wildman–Crippen LogP) is 3.79. The standard InChI is InChI=1S/C10H17N.2C2H6/c1-3-6-10-7-5-8-11(4-2)9-10;2*1-2/h10H,4-5,7-9H2,1-2H3;2*1-2H3. The summed E-state index contributed by atoms with van der Waals surface area (Å²) in [5.41, 5.74) is 0. The van der Waals surface area contributed by atoms with Crippen LogP contribution >= 0.6 is 0 Å². The van der Waals surface area contributed by atoms with E-state index in [9.17, 15) is 0 Å². The zero-order chi connectivity index (χ0) is 12.1. The van der Waals surface area contributed by atoms with Crippen LogP contribution < -0.4 is 0 Å². The summed E-state index contributed by atoms with van der Waals surface area (Å²) in [4.78, 5) is 2.48. The zero-order valence-electron chi connectivity index (χ0n) is 11.6. The van der Waals surface area contributed by atoms with Gasteiger partial charge in [-0.3, -0.25) is 0 Å². The number of rotatable bonds is 1. The van der Waals surface area contributed by atoms with Crippen LogP contribution in [0.5, 0.6) is 0 Å². The Morgan fingerprint density at radius 1 is 1.20 bits per heavy atom. The molecule has 0 bridgehead atoms. The van der Waals surface area contributed by atoms with Gasteiger partial charge < -0.3 is 4.90 Å². The summed E-state index contributed by atoms with van der Waals surface area (Å²) < 4.78 is 0. The molecule has 0 N–H and O–H groups in total. The van der Waals surface area contributed by atoms with Crippen molar-refractivity contribution in [3.63, 3.8) is 0 Å². The SMILES string of the molecule is CC.CC.CC#CC1CCCN(CC)C1. The van der Waals surface area contributed by atoms with E-state index in [1.54, 1.807) is 0 Å². The number of hydrogen-bond donors (Lipinski definition) is 0. The molecule has 0 aromatic rings. The molecule has 1 fully saturated rings. The third-order valence-electron chi connectivity index (χ3n) is 2.30. The van der Waals surface area contributed by atoms with Gasteiger partial charge in [-0.2, -0.15) is 0 Å². The first-order valence-electron chi connectivity index (χ1n) is 6.51. The second kappa shape index (κ2) is 13.5.